The zero-order valence-corrected chi connectivity index (χ0v) is 16.2. The van der Waals surface area contributed by atoms with Gasteiger partial charge in [0, 0.05) is 16.5 Å². The molecule has 0 aliphatic carbocycles. The first kappa shape index (κ1) is 18.9. The maximum atomic E-state index is 12.5. The Hall–Kier alpha value is -2.86. The number of nitrogens with zero attached hydrogens (tertiary/aromatic N) is 1. The fourth-order valence-electron chi connectivity index (χ4n) is 2.48. The topological polar surface area (TPSA) is 60.5 Å². The van der Waals surface area contributed by atoms with Crippen LogP contribution in [0.15, 0.2) is 53.9 Å². The van der Waals surface area contributed by atoms with E-state index in [1.165, 1.54) is 11.3 Å². The lowest BCUT2D eigenvalue weighted by Crippen LogP contribution is -2.11. The quantitative estimate of drug-likeness (QED) is 0.541. The van der Waals surface area contributed by atoms with Crippen molar-refractivity contribution >= 4 is 22.4 Å². The third kappa shape index (κ3) is 5.08. The molecule has 0 aliphatic rings. The summed E-state index contributed by atoms with van der Waals surface area (Å²) in [5.74, 6) is 1.26. The van der Waals surface area contributed by atoms with Crippen LogP contribution in [0, 0.1) is 0 Å². The van der Waals surface area contributed by atoms with Crippen LogP contribution in [-0.2, 0) is 0 Å². The maximum Gasteiger partial charge on any atom is 0.257 e. The highest BCUT2D eigenvalue weighted by Gasteiger charge is 2.11. The monoisotopic (exact) mass is 382 g/mol. The number of amides is 1. The van der Waals surface area contributed by atoms with Crippen molar-refractivity contribution in [2.24, 2.45) is 0 Å². The lowest BCUT2D eigenvalue weighted by atomic mass is 10.2. The predicted octanol–water partition coefficient (Wildman–Crippen LogP) is 5.25. The first-order chi connectivity index (χ1) is 13.2. The van der Waals surface area contributed by atoms with E-state index in [-0.39, 0.29) is 5.91 Å². The Kier molecular flexibility index (Phi) is 6.44. The molecule has 0 saturated carbocycles. The highest BCUT2D eigenvalue weighted by atomic mass is 32.1. The SMILES string of the molecule is CCCCOc1cccc(C(=O)Nc2nc(-c3cccc(OC)c3)cs2)c1. The fraction of sp³-hybridized carbons (Fsp3) is 0.238. The Morgan fingerprint density at radius 2 is 1.96 bits per heavy atom. The number of carbonyl (C=O) groups is 1. The van der Waals surface area contributed by atoms with Gasteiger partial charge in [-0.15, -0.1) is 11.3 Å². The Labute approximate surface area is 163 Å². The minimum Gasteiger partial charge on any atom is -0.497 e. The molecule has 27 heavy (non-hydrogen) atoms. The average Bonchev–Trinajstić information content (AvgIpc) is 3.17. The molecule has 1 aromatic heterocycles. The smallest absolute Gasteiger partial charge is 0.257 e. The number of hydrogen-bond donors (Lipinski definition) is 1. The molecule has 0 spiro atoms. The summed E-state index contributed by atoms with van der Waals surface area (Å²) in [7, 11) is 1.63. The highest BCUT2D eigenvalue weighted by molar-refractivity contribution is 7.14. The van der Waals surface area contributed by atoms with Gasteiger partial charge in [0.15, 0.2) is 5.13 Å². The summed E-state index contributed by atoms with van der Waals surface area (Å²) < 4.78 is 10.9. The molecular weight excluding hydrogens is 360 g/mol. The molecule has 0 fully saturated rings. The van der Waals surface area contributed by atoms with E-state index in [4.69, 9.17) is 9.47 Å². The van der Waals surface area contributed by atoms with Crippen LogP contribution in [0.1, 0.15) is 30.1 Å². The van der Waals surface area contributed by atoms with Gasteiger partial charge in [-0.2, -0.15) is 0 Å². The van der Waals surface area contributed by atoms with Gasteiger partial charge >= 0.3 is 0 Å². The first-order valence-electron chi connectivity index (χ1n) is 8.83. The van der Waals surface area contributed by atoms with Crippen LogP contribution in [0.2, 0.25) is 0 Å². The van der Waals surface area contributed by atoms with Crippen molar-refractivity contribution in [3.63, 3.8) is 0 Å². The molecule has 5 nitrogen and oxygen atoms in total. The molecule has 0 radical (unpaired) electrons. The molecule has 3 rings (SSSR count). The van der Waals surface area contributed by atoms with Gasteiger partial charge in [0.2, 0.25) is 0 Å². The number of rotatable bonds is 8. The second kappa shape index (κ2) is 9.19. The number of benzene rings is 2. The molecule has 140 valence electrons. The standard InChI is InChI=1S/C21H22N2O3S/c1-3-4-11-26-18-10-6-8-16(13-18)20(24)23-21-22-19(14-27-21)15-7-5-9-17(12-15)25-2/h5-10,12-14H,3-4,11H2,1-2H3,(H,22,23,24). The minimum atomic E-state index is -0.206. The van der Waals surface area contributed by atoms with Crippen LogP contribution in [0.5, 0.6) is 11.5 Å². The normalized spacial score (nSPS) is 10.4. The summed E-state index contributed by atoms with van der Waals surface area (Å²) in [4.78, 5) is 17.0. The lowest BCUT2D eigenvalue weighted by molar-refractivity contribution is 0.102. The third-order valence-corrected chi connectivity index (χ3v) is 4.71. The number of nitrogens with one attached hydrogen (secondary N) is 1. The summed E-state index contributed by atoms with van der Waals surface area (Å²) in [5, 5.41) is 5.32. The molecular formula is C21H22N2O3S. The number of aromatic nitrogens is 1. The van der Waals surface area contributed by atoms with Crippen molar-refractivity contribution in [1.82, 2.24) is 4.98 Å². The summed E-state index contributed by atoms with van der Waals surface area (Å²) in [6.45, 7) is 2.76. The second-order valence-electron chi connectivity index (χ2n) is 5.95. The zero-order valence-electron chi connectivity index (χ0n) is 15.4. The molecule has 0 atom stereocenters. The number of hydrogen-bond acceptors (Lipinski definition) is 5. The van der Waals surface area contributed by atoms with Gasteiger partial charge in [0.05, 0.1) is 19.4 Å². The molecule has 1 N–H and O–H groups in total. The summed E-state index contributed by atoms with van der Waals surface area (Å²) >= 11 is 1.39. The Morgan fingerprint density at radius 3 is 2.78 bits per heavy atom. The van der Waals surface area contributed by atoms with Crippen LogP contribution in [0.4, 0.5) is 5.13 Å². The van der Waals surface area contributed by atoms with Crippen molar-refractivity contribution in [1.29, 1.82) is 0 Å². The number of ether oxygens (including phenoxy) is 2. The number of carbonyl (C=O) groups excluding carboxylic acids is 1. The van der Waals surface area contributed by atoms with Crippen LogP contribution in [0.25, 0.3) is 11.3 Å². The van der Waals surface area contributed by atoms with Crippen molar-refractivity contribution in [3.8, 4) is 22.8 Å². The van der Waals surface area contributed by atoms with Gasteiger partial charge in [-0.3, -0.25) is 10.1 Å². The van der Waals surface area contributed by atoms with Crippen molar-refractivity contribution in [3.05, 3.63) is 59.5 Å². The summed E-state index contributed by atoms with van der Waals surface area (Å²) in [6.07, 6.45) is 2.06. The number of anilines is 1. The van der Waals surface area contributed by atoms with E-state index in [1.54, 1.807) is 19.2 Å². The zero-order chi connectivity index (χ0) is 19.1. The van der Waals surface area contributed by atoms with Gasteiger partial charge in [0.1, 0.15) is 11.5 Å². The van der Waals surface area contributed by atoms with E-state index in [1.807, 2.05) is 41.8 Å². The van der Waals surface area contributed by atoms with Gasteiger partial charge in [-0.05, 0) is 36.8 Å². The number of unbranched alkanes of at least 4 members (excludes halogenated alkanes) is 1. The molecule has 0 saturated heterocycles. The van der Waals surface area contributed by atoms with Crippen LogP contribution in [0.3, 0.4) is 0 Å². The Balaban J connectivity index is 1.68. The summed E-state index contributed by atoms with van der Waals surface area (Å²) in [5.41, 5.74) is 2.28. The molecule has 0 unspecified atom stereocenters. The van der Waals surface area contributed by atoms with Gasteiger partial charge in [0.25, 0.3) is 5.91 Å². The predicted molar refractivity (Wildman–Crippen MR) is 109 cm³/mol. The summed E-state index contributed by atoms with van der Waals surface area (Å²) in [6, 6.07) is 14.9. The minimum absolute atomic E-state index is 0.206. The highest BCUT2D eigenvalue weighted by Crippen LogP contribution is 2.27. The van der Waals surface area contributed by atoms with Gasteiger partial charge in [-0.25, -0.2) is 4.98 Å². The van der Waals surface area contributed by atoms with Crippen LogP contribution < -0.4 is 14.8 Å². The van der Waals surface area contributed by atoms with E-state index >= 15 is 0 Å². The van der Waals surface area contributed by atoms with Crippen molar-refractivity contribution in [2.45, 2.75) is 19.8 Å². The molecule has 1 amide bonds. The van der Waals surface area contributed by atoms with Gasteiger partial charge in [-0.1, -0.05) is 31.5 Å². The first-order valence-corrected chi connectivity index (χ1v) is 9.71. The van der Waals surface area contributed by atoms with E-state index < -0.39 is 0 Å². The molecule has 6 heteroatoms. The Morgan fingerprint density at radius 1 is 1.15 bits per heavy atom. The molecule has 2 aromatic carbocycles. The van der Waals surface area contributed by atoms with Crippen molar-refractivity contribution < 1.29 is 14.3 Å². The van der Waals surface area contributed by atoms with E-state index in [0.29, 0.717) is 23.1 Å². The van der Waals surface area contributed by atoms with Gasteiger partial charge < -0.3 is 9.47 Å². The average molecular weight is 382 g/mol. The largest absolute Gasteiger partial charge is 0.497 e. The number of methoxy groups -OCH3 is 1. The van der Waals surface area contributed by atoms with Crippen LogP contribution in [-0.4, -0.2) is 24.6 Å². The molecule has 3 aromatic rings. The fourth-order valence-corrected chi connectivity index (χ4v) is 3.19. The molecule has 0 aliphatic heterocycles. The molecule has 0 bridgehead atoms. The van der Waals surface area contributed by atoms with Crippen molar-refractivity contribution in [2.75, 3.05) is 19.0 Å². The van der Waals surface area contributed by atoms with Crippen LogP contribution >= 0.6 is 11.3 Å². The van der Waals surface area contributed by atoms with E-state index in [9.17, 15) is 4.79 Å². The Bertz CT molecular complexity index is 908. The van der Waals surface area contributed by atoms with E-state index in [0.717, 1.165) is 29.8 Å². The molecule has 1 heterocycles. The lowest BCUT2D eigenvalue weighted by Gasteiger charge is -2.07. The third-order valence-electron chi connectivity index (χ3n) is 3.95. The van der Waals surface area contributed by atoms with E-state index in [2.05, 4.69) is 17.2 Å². The number of thiazole rings is 1. The second-order valence-corrected chi connectivity index (χ2v) is 6.81. The maximum absolute atomic E-state index is 12.5.